The lowest BCUT2D eigenvalue weighted by Gasteiger charge is -2.18. The molecule has 2 rings (SSSR count). The summed E-state index contributed by atoms with van der Waals surface area (Å²) < 4.78 is 20.8. The number of methoxy groups -OCH3 is 3. The first kappa shape index (κ1) is 22.6. The maximum Gasteiger partial charge on any atom is 0.342 e. The van der Waals surface area contributed by atoms with Gasteiger partial charge in [-0.2, -0.15) is 0 Å². The van der Waals surface area contributed by atoms with E-state index in [2.05, 4.69) is 0 Å². The summed E-state index contributed by atoms with van der Waals surface area (Å²) in [6.07, 6.45) is 0. The minimum absolute atomic E-state index is 0.116. The summed E-state index contributed by atoms with van der Waals surface area (Å²) in [5.74, 6) is -0.290. The Morgan fingerprint density at radius 1 is 0.931 bits per heavy atom. The Morgan fingerprint density at radius 3 is 2.21 bits per heavy atom. The molecule has 0 heterocycles. The first-order valence-electron chi connectivity index (χ1n) is 8.46. The van der Waals surface area contributed by atoms with Gasteiger partial charge in [0, 0.05) is 13.6 Å². The number of rotatable bonds is 8. The van der Waals surface area contributed by atoms with E-state index in [-0.39, 0.29) is 29.5 Å². The van der Waals surface area contributed by atoms with Crippen LogP contribution in [0.25, 0.3) is 0 Å². The summed E-state index contributed by atoms with van der Waals surface area (Å²) in [6.45, 7) is -0.152. The molecule has 0 bridgehead atoms. The molecule has 0 spiro atoms. The second-order valence-electron chi connectivity index (χ2n) is 5.96. The number of esters is 1. The van der Waals surface area contributed by atoms with Crippen molar-refractivity contribution in [3.05, 3.63) is 51.5 Å². The van der Waals surface area contributed by atoms with Crippen molar-refractivity contribution in [3.63, 3.8) is 0 Å². The summed E-state index contributed by atoms with van der Waals surface area (Å²) in [5, 5.41) is 0.833. The number of ether oxygens (including phenoxy) is 4. The van der Waals surface area contributed by atoms with Gasteiger partial charge in [0.15, 0.2) is 18.1 Å². The smallest absolute Gasteiger partial charge is 0.342 e. The van der Waals surface area contributed by atoms with Gasteiger partial charge in [-0.1, -0.05) is 29.3 Å². The zero-order valence-corrected chi connectivity index (χ0v) is 18.0. The van der Waals surface area contributed by atoms with Crippen LogP contribution in [0.2, 0.25) is 10.0 Å². The highest BCUT2D eigenvalue weighted by atomic mass is 35.5. The quantitative estimate of drug-likeness (QED) is 0.579. The maximum absolute atomic E-state index is 12.5. The third kappa shape index (κ3) is 5.46. The number of amides is 1. The van der Waals surface area contributed by atoms with Gasteiger partial charge < -0.3 is 23.8 Å². The van der Waals surface area contributed by atoms with Crippen molar-refractivity contribution in [2.45, 2.75) is 6.54 Å². The van der Waals surface area contributed by atoms with Crippen LogP contribution < -0.4 is 14.2 Å². The molecule has 9 heteroatoms. The average molecular weight is 442 g/mol. The molecule has 0 aromatic heterocycles. The fraction of sp³-hybridized carbons (Fsp3) is 0.300. The number of carbonyl (C=O) groups excluding carboxylic acids is 2. The number of carbonyl (C=O) groups is 2. The number of likely N-dealkylation sites (N-methyl/N-ethyl adjacent to an activating group) is 1. The van der Waals surface area contributed by atoms with Crippen molar-refractivity contribution in [2.75, 3.05) is 35.0 Å². The van der Waals surface area contributed by atoms with Gasteiger partial charge in [0.05, 0.1) is 31.4 Å². The molecule has 7 nitrogen and oxygen atoms in total. The second-order valence-corrected chi connectivity index (χ2v) is 6.77. The fourth-order valence-electron chi connectivity index (χ4n) is 2.58. The summed E-state index contributed by atoms with van der Waals surface area (Å²) in [5.41, 5.74) is 0.910. The number of benzene rings is 2. The van der Waals surface area contributed by atoms with Crippen LogP contribution in [0.4, 0.5) is 0 Å². The zero-order valence-electron chi connectivity index (χ0n) is 16.5. The molecule has 0 saturated carbocycles. The van der Waals surface area contributed by atoms with Crippen LogP contribution in [0.3, 0.4) is 0 Å². The van der Waals surface area contributed by atoms with Crippen molar-refractivity contribution in [2.24, 2.45) is 0 Å². The van der Waals surface area contributed by atoms with Crippen LogP contribution in [-0.2, 0) is 16.1 Å². The first-order chi connectivity index (χ1) is 13.8. The number of hydrogen-bond acceptors (Lipinski definition) is 6. The summed E-state index contributed by atoms with van der Waals surface area (Å²) in [4.78, 5) is 26.2. The molecule has 2 aromatic rings. The van der Waals surface area contributed by atoms with Crippen LogP contribution in [-0.4, -0.2) is 51.8 Å². The van der Waals surface area contributed by atoms with Crippen LogP contribution in [0.5, 0.6) is 17.2 Å². The van der Waals surface area contributed by atoms with Gasteiger partial charge >= 0.3 is 5.97 Å². The molecule has 0 radical (unpaired) electrons. The molecular weight excluding hydrogens is 421 g/mol. The minimum atomic E-state index is -0.723. The molecule has 0 aliphatic carbocycles. The van der Waals surface area contributed by atoms with Crippen molar-refractivity contribution >= 4 is 35.1 Å². The standard InChI is InChI=1S/C20H21Cl2NO6/c1-23(10-12-5-7-14(21)15(22)9-12)17(24)11-29-20(25)13-6-8-16(26-2)19(28-4)18(13)27-3/h5-9H,10-11H2,1-4H3. The Hall–Kier alpha value is -2.64. The predicted molar refractivity (Wildman–Crippen MR) is 109 cm³/mol. The summed E-state index contributed by atoms with van der Waals surface area (Å²) in [6, 6.07) is 8.12. The van der Waals surface area contributed by atoms with Gasteiger partial charge in [0.25, 0.3) is 5.91 Å². The van der Waals surface area contributed by atoms with Crippen LogP contribution in [0, 0.1) is 0 Å². The monoisotopic (exact) mass is 441 g/mol. The second kappa shape index (κ2) is 10.2. The van der Waals surface area contributed by atoms with E-state index in [1.54, 1.807) is 31.3 Å². The lowest BCUT2D eigenvalue weighted by Crippen LogP contribution is -2.30. The zero-order chi connectivity index (χ0) is 21.6. The van der Waals surface area contributed by atoms with Gasteiger partial charge in [-0.3, -0.25) is 4.79 Å². The van der Waals surface area contributed by atoms with Crippen molar-refractivity contribution in [1.82, 2.24) is 4.90 Å². The van der Waals surface area contributed by atoms with Gasteiger partial charge in [0.1, 0.15) is 5.56 Å². The Balaban J connectivity index is 2.04. The van der Waals surface area contributed by atoms with Crippen LogP contribution in [0.15, 0.2) is 30.3 Å². The highest BCUT2D eigenvalue weighted by Crippen LogP contribution is 2.39. The van der Waals surface area contributed by atoms with Crippen molar-refractivity contribution < 1.29 is 28.5 Å². The van der Waals surface area contributed by atoms with E-state index in [0.29, 0.717) is 15.8 Å². The molecule has 0 fully saturated rings. The molecule has 0 aliphatic heterocycles. The van der Waals surface area contributed by atoms with Gasteiger partial charge in [0.2, 0.25) is 5.75 Å². The average Bonchev–Trinajstić information content (AvgIpc) is 2.72. The van der Waals surface area contributed by atoms with Crippen molar-refractivity contribution in [3.8, 4) is 17.2 Å². The molecule has 0 N–H and O–H groups in total. The fourth-order valence-corrected chi connectivity index (χ4v) is 2.90. The van der Waals surface area contributed by atoms with E-state index in [1.807, 2.05) is 0 Å². The Morgan fingerprint density at radius 2 is 1.62 bits per heavy atom. The largest absolute Gasteiger partial charge is 0.493 e. The molecular formula is C20H21Cl2NO6. The SMILES string of the molecule is COc1ccc(C(=O)OCC(=O)N(C)Cc2ccc(Cl)c(Cl)c2)c(OC)c1OC. The molecule has 0 aliphatic rings. The van der Waals surface area contributed by atoms with E-state index in [4.69, 9.17) is 42.1 Å². The lowest BCUT2D eigenvalue weighted by molar-refractivity contribution is -0.133. The van der Waals surface area contributed by atoms with E-state index >= 15 is 0 Å². The van der Waals surface area contributed by atoms with Crippen LogP contribution in [0.1, 0.15) is 15.9 Å². The Bertz CT molecular complexity index is 903. The normalized spacial score (nSPS) is 10.3. The lowest BCUT2D eigenvalue weighted by atomic mass is 10.1. The number of nitrogens with zero attached hydrogens (tertiary/aromatic N) is 1. The minimum Gasteiger partial charge on any atom is -0.493 e. The molecule has 2 aromatic carbocycles. The van der Waals surface area contributed by atoms with E-state index in [1.165, 1.54) is 32.3 Å². The molecule has 0 saturated heterocycles. The molecule has 0 atom stereocenters. The maximum atomic E-state index is 12.5. The molecule has 0 unspecified atom stereocenters. The van der Waals surface area contributed by atoms with Crippen molar-refractivity contribution in [1.29, 1.82) is 0 Å². The molecule has 29 heavy (non-hydrogen) atoms. The van der Waals surface area contributed by atoms with E-state index in [0.717, 1.165) is 5.56 Å². The van der Waals surface area contributed by atoms with Gasteiger partial charge in [-0.25, -0.2) is 4.79 Å². The number of hydrogen-bond donors (Lipinski definition) is 0. The molecule has 1 amide bonds. The Labute approximate surface area is 179 Å². The van der Waals surface area contributed by atoms with Gasteiger partial charge in [-0.05, 0) is 29.8 Å². The first-order valence-corrected chi connectivity index (χ1v) is 9.21. The predicted octanol–water partition coefficient (Wildman–Crippen LogP) is 3.83. The Kier molecular flexibility index (Phi) is 7.99. The number of halogens is 2. The highest BCUT2D eigenvalue weighted by molar-refractivity contribution is 6.42. The third-order valence-corrected chi connectivity index (χ3v) is 4.82. The molecule has 156 valence electrons. The summed E-state index contributed by atoms with van der Waals surface area (Å²) in [7, 11) is 5.88. The topological polar surface area (TPSA) is 74.3 Å². The van der Waals surface area contributed by atoms with E-state index < -0.39 is 12.6 Å². The van der Waals surface area contributed by atoms with Crippen LogP contribution >= 0.6 is 23.2 Å². The van der Waals surface area contributed by atoms with E-state index in [9.17, 15) is 9.59 Å². The third-order valence-electron chi connectivity index (χ3n) is 4.08. The highest BCUT2D eigenvalue weighted by Gasteiger charge is 2.23. The summed E-state index contributed by atoms with van der Waals surface area (Å²) >= 11 is 11.9. The van der Waals surface area contributed by atoms with Gasteiger partial charge in [-0.15, -0.1) is 0 Å².